The first kappa shape index (κ1) is 20.9. The fourth-order valence-electron chi connectivity index (χ4n) is 3.61. The first-order valence-electron chi connectivity index (χ1n) is 9.93. The maximum Gasteiger partial charge on any atom is 0.325 e. The molecular formula is C21H31N3O3. The van der Waals surface area contributed by atoms with Gasteiger partial charge in [0.2, 0.25) is 5.91 Å². The Bertz CT molecular complexity index is 662. The van der Waals surface area contributed by atoms with Crippen LogP contribution in [0.4, 0.5) is 4.79 Å². The summed E-state index contributed by atoms with van der Waals surface area (Å²) in [6.07, 6.45) is 5.42. The van der Waals surface area contributed by atoms with Crippen LogP contribution in [0.15, 0.2) is 30.3 Å². The topological polar surface area (TPSA) is 78.5 Å². The minimum absolute atomic E-state index is 0.0272. The van der Waals surface area contributed by atoms with Gasteiger partial charge in [-0.3, -0.25) is 14.5 Å². The molecule has 0 saturated carbocycles. The van der Waals surface area contributed by atoms with Crippen LogP contribution in [0.2, 0.25) is 0 Å². The number of urea groups is 1. The second-order valence-electron chi connectivity index (χ2n) is 7.31. The Hall–Kier alpha value is -2.37. The Balaban J connectivity index is 2.07. The molecule has 0 aliphatic carbocycles. The molecule has 0 aromatic heterocycles. The molecule has 6 heteroatoms. The molecular weight excluding hydrogens is 342 g/mol. The molecule has 1 fully saturated rings. The number of hydrogen-bond acceptors (Lipinski definition) is 3. The minimum Gasteiger partial charge on any atom is -0.352 e. The summed E-state index contributed by atoms with van der Waals surface area (Å²) < 4.78 is 0. The van der Waals surface area contributed by atoms with E-state index < -0.39 is 11.6 Å². The van der Waals surface area contributed by atoms with Crippen molar-refractivity contribution >= 4 is 17.8 Å². The Kier molecular flexibility index (Phi) is 7.39. The van der Waals surface area contributed by atoms with E-state index in [9.17, 15) is 14.4 Å². The average molecular weight is 373 g/mol. The maximum atomic E-state index is 13.1. The van der Waals surface area contributed by atoms with Crippen molar-refractivity contribution in [2.45, 2.75) is 70.9 Å². The fraction of sp³-hybridized carbons (Fsp3) is 0.571. The second-order valence-corrected chi connectivity index (χ2v) is 7.31. The molecule has 0 spiro atoms. The first-order chi connectivity index (χ1) is 12.9. The van der Waals surface area contributed by atoms with E-state index in [2.05, 4.69) is 17.6 Å². The standard InChI is InChI=1S/C21H31N3O3/c1-4-6-8-11-16(3)22-18(25)15-24-19(26)21(14-5-2,23-20(24)27)17-12-9-7-10-13-17/h7,9-10,12-13,16H,4-6,8,11,14-15H2,1-3H3,(H,22,25)(H,23,27)/t16-,21-/m0/s1. The lowest BCUT2D eigenvalue weighted by Crippen LogP contribution is -2.46. The van der Waals surface area contributed by atoms with Crippen molar-refractivity contribution in [3.8, 4) is 0 Å². The Morgan fingerprint density at radius 1 is 1.15 bits per heavy atom. The highest BCUT2D eigenvalue weighted by atomic mass is 16.2. The molecule has 2 N–H and O–H groups in total. The molecule has 0 radical (unpaired) electrons. The average Bonchev–Trinajstić information content (AvgIpc) is 2.88. The normalized spacial score (nSPS) is 20.5. The van der Waals surface area contributed by atoms with Crippen molar-refractivity contribution in [3.05, 3.63) is 35.9 Å². The highest BCUT2D eigenvalue weighted by Gasteiger charge is 2.52. The van der Waals surface area contributed by atoms with Crippen LogP contribution in [0, 0.1) is 0 Å². The highest BCUT2D eigenvalue weighted by Crippen LogP contribution is 2.33. The van der Waals surface area contributed by atoms with E-state index in [4.69, 9.17) is 0 Å². The van der Waals surface area contributed by atoms with Gasteiger partial charge in [-0.15, -0.1) is 0 Å². The number of benzene rings is 1. The van der Waals surface area contributed by atoms with Gasteiger partial charge in [0.15, 0.2) is 0 Å². The molecule has 2 atom stereocenters. The van der Waals surface area contributed by atoms with E-state index in [1.54, 1.807) is 0 Å². The predicted molar refractivity (Wildman–Crippen MR) is 105 cm³/mol. The van der Waals surface area contributed by atoms with E-state index in [1.165, 1.54) is 0 Å². The summed E-state index contributed by atoms with van der Waals surface area (Å²) in [5, 5.41) is 5.74. The summed E-state index contributed by atoms with van der Waals surface area (Å²) in [7, 11) is 0. The van der Waals surface area contributed by atoms with Crippen molar-refractivity contribution in [2.24, 2.45) is 0 Å². The van der Waals surface area contributed by atoms with E-state index in [-0.39, 0.29) is 24.4 Å². The van der Waals surface area contributed by atoms with Crippen LogP contribution >= 0.6 is 0 Å². The molecule has 1 aliphatic heterocycles. The lowest BCUT2D eigenvalue weighted by molar-refractivity contribution is -0.135. The van der Waals surface area contributed by atoms with Crippen LogP contribution in [0.1, 0.15) is 64.9 Å². The number of amides is 4. The van der Waals surface area contributed by atoms with Gasteiger partial charge in [0.1, 0.15) is 12.1 Å². The summed E-state index contributed by atoms with van der Waals surface area (Å²) >= 11 is 0. The fourth-order valence-corrected chi connectivity index (χ4v) is 3.61. The quantitative estimate of drug-likeness (QED) is 0.488. The predicted octanol–water partition coefficient (Wildman–Crippen LogP) is 3.32. The van der Waals surface area contributed by atoms with Crippen LogP contribution in [0.5, 0.6) is 0 Å². The molecule has 2 rings (SSSR count). The second kappa shape index (κ2) is 9.53. The minimum atomic E-state index is -1.08. The molecule has 1 heterocycles. The smallest absolute Gasteiger partial charge is 0.325 e. The number of nitrogens with one attached hydrogen (secondary N) is 2. The largest absolute Gasteiger partial charge is 0.352 e. The molecule has 1 aromatic rings. The molecule has 1 aromatic carbocycles. The van der Waals surface area contributed by atoms with Crippen LogP contribution < -0.4 is 10.6 Å². The summed E-state index contributed by atoms with van der Waals surface area (Å²) in [5.74, 6) is -0.655. The first-order valence-corrected chi connectivity index (χ1v) is 9.93. The van der Waals surface area contributed by atoms with Crippen molar-refractivity contribution < 1.29 is 14.4 Å². The van der Waals surface area contributed by atoms with Gasteiger partial charge in [0.05, 0.1) is 0 Å². The van der Waals surface area contributed by atoms with Crippen LogP contribution in [0.25, 0.3) is 0 Å². The van der Waals surface area contributed by atoms with E-state index in [0.717, 1.165) is 42.6 Å². The van der Waals surface area contributed by atoms with E-state index >= 15 is 0 Å². The Morgan fingerprint density at radius 2 is 1.85 bits per heavy atom. The number of carbonyl (C=O) groups is 3. The number of carbonyl (C=O) groups excluding carboxylic acids is 3. The van der Waals surface area contributed by atoms with Gasteiger partial charge in [-0.05, 0) is 25.3 Å². The zero-order valence-corrected chi connectivity index (χ0v) is 16.6. The monoisotopic (exact) mass is 373 g/mol. The third-order valence-electron chi connectivity index (χ3n) is 5.02. The number of unbranched alkanes of at least 4 members (excludes halogenated alkanes) is 2. The van der Waals surface area contributed by atoms with Crippen LogP contribution in [0.3, 0.4) is 0 Å². The van der Waals surface area contributed by atoms with Crippen molar-refractivity contribution in [1.82, 2.24) is 15.5 Å². The zero-order chi connectivity index (χ0) is 19.9. The molecule has 1 aliphatic rings. The molecule has 0 bridgehead atoms. The SMILES string of the molecule is CCCCC[C@H](C)NC(=O)CN1C(=O)N[C@@](CCC)(c2ccccc2)C1=O. The molecule has 1 saturated heterocycles. The lowest BCUT2D eigenvalue weighted by Gasteiger charge is -2.27. The van der Waals surface area contributed by atoms with E-state index in [0.29, 0.717) is 6.42 Å². The number of rotatable bonds is 10. The summed E-state index contributed by atoms with van der Waals surface area (Å²) in [5.41, 5.74) is -0.332. The van der Waals surface area contributed by atoms with Crippen LogP contribution in [-0.2, 0) is 15.1 Å². The summed E-state index contributed by atoms with van der Waals surface area (Å²) in [6, 6.07) is 8.76. The summed E-state index contributed by atoms with van der Waals surface area (Å²) in [4.78, 5) is 39.0. The lowest BCUT2D eigenvalue weighted by atomic mass is 9.85. The third-order valence-corrected chi connectivity index (χ3v) is 5.02. The molecule has 27 heavy (non-hydrogen) atoms. The van der Waals surface area contributed by atoms with Gasteiger partial charge >= 0.3 is 6.03 Å². The van der Waals surface area contributed by atoms with Gasteiger partial charge in [-0.25, -0.2) is 4.79 Å². The van der Waals surface area contributed by atoms with Gasteiger partial charge < -0.3 is 10.6 Å². The summed E-state index contributed by atoms with van der Waals surface area (Å²) in [6.45, 7) is 5.81. The highest BCUT2D eigenvalue weighted by molar-refractivity contribution is 6.09. The molecule has 4 amide bonds. The molecule has 148 valence electrons. The number of nitrogens with zero attached hydrogens (tertiary/aromatic N) is 1. The number of imide groups is 1. The zero-order valence-electron chi connectivity index (χ0n) is 16.6. The van der Waals surface area contributed by atoms with Gasteiger partial charge in [-0.1, -0.05) is 69.9 Å². The van der Waals surface area contributed by atoms with E-state index in [1.807, 2.05) is 44.2 Å². The van der Waals surface area contributed by atoms with Gasteiger partial charge in [0, 0.05) is 6.04 Å². The Morgan fingerprint density at radius 3 is 2.48 bits per heavy atom. The van der Waals surface area contributed by atoms with Gasteiger partial charge in [0.25, 0.3) is 5.91 Å². The van der Waals surface area contributed by atoms with Gasteiger partial charge in [-0.2, -0.15) is 0 Å². The molecule has 6 nitrogen and oxygen atoms in total. The van der Waals surface area contributed by atoms with Crippen LogP contribution in [-0.4, -0.2) is 35.3 Å². The van der Waals surface area contributed by atoms with Crippen molar-refractivity contribution in [3.63, 3.8) is 0 Å². The Labute approximate surface area is 161 Å². The van der Waals surface area contributed by atoms with Crippen molar-refractivity contribution in [1.29, 1.82) is 0 Å². The third kappa shape index (κ3) is 4.87. The number of hydrogen-bond donors (Lipinski definition) is 2. The maximum absolute atomic E-state index is 13.1. The molecule has 0 unspecified atom stereocenters. The van der Waals surface area contributed by atoms with Crippen molar-refractivity contribution in [2.75, 3.05) is 6.54 Å².